The minimum atomic E-state index is -0.262. The molecule has 3 nitrogen and oxygen atoms in total. The van der Waals surface area contributed by atoms with Crippen LogP contribution in [0.5, 0.6) is 5.75 Å². The molecule has 0 aliphatic rings. The lowest BCUT2D eigenvalue weighted by atomic mass is 10.1. The number of nitrogens with zero attached hydrogens (tertiary/aromatic N) is 1. The van der Waals surface area contributed by atoms with Crippen molar-refractivity contribution in [3.8, 4) is 5.75 Å². The lowest BCUT2D eigenvalue weighted by Gasteiger charge is -2.13. The van der Waals surface area contributed by atoms with Gasteiger partial charge in [-0.3, -0.25) is 4.98 Å². The summed E-state index contributed by atoms with van der Waals surface area (Å²) < 4.78 is 19.0. The number of pyridine rings is 1. The highest BCUT2D eigenvalue weighted by atomic mass is 19.1. The zero-order valence-electron chi connectivity index (χ0n) is 11.6. The first-order chi connectivity index (χ1) is 9.65. The number of aromatic nitrogens is 1. The normalized spacial score (nSPS) is 12.2. The fraction of sp³-hybridized carbons (Fsp3) is 0.312. The van der Waals surface area contributed by atoms with Gasteiger partial charge in [-0.15, -0.1) is 0 Å². The van der Waals surface area contributed by atoms with Crippen LogP contribution < -0.4 is 10.5 Å². The van der Waals surface area contributed by atoms with Gasteiger partial charge in [0, 0.05) is 24.9 Å². The Balaban J connectivity index is 1.98. The molecule has 20 heavy (non-hydrogen) atoms. The van der Waals surface area contributed by atoms with Gasteiger partial charge in [-0.1, -0.05) is 0 Å². The van der Waals surface area contributed by atoms with Gasteiger partial charge in [-0.05, 0) is 54.8 Å². The van der Waals surface area contributed by atoms with Crippen molar-refractivity contribution in [1.82, 2.24) is 4.98 Å². The third-order valence-electron chi connectivity index (χ3n) is 2.96. The Bertz CT molecular complexity index is 543. The summed E-state index contributed by atoms with van der Waals surface area (Å²) in [5.41, 5.74) is 7.76. The molecule has 0 spiro atoms. The first kappa shape index (κ1) is 14.5. The summed E-state index contributed by atoms with van der Waals surface area (Å²) in [5, 5.41) is 0. The van der Waals surface area contributed by atoms with E-state index in [1.54, 1.807) is 18.5 Å². The summed E-state index contributed by atoms with van der Waals surface area (Å²) in [7, 11) is 0. The molecule has 0 bridgehead atoms. The number of nitrogens with two attached hydrogens (primary N) is 1. The van der Waals surface area contributed by atoms with E-state index in [0.717, 1.165) is 17.5 Å². The molecule has 2 N–H and O–H groups in total. The molecule has 0 aliphatic heterocycles. The number of halogens is 1. The molecule has 1 heterocycles. The smallest absolute Gasteiger partial charge is 0.123 e. The van der Waals surface area contributed by atoms with Crippen molar-refractivity contribution < 1.29 is 9.13 Å². The van der Waals surface area contributed by atoms with Crippen LogP contribution in [-0.4, -0.2) is 17.6 Å². The lowest BCUT2D eigenvalue weighted by molar-refractivity contribution is 0.317. The van der Waals surface area contributed by atoms with E-state index in [2.05, 4.69) is 4.98 Å². The van der Waals surface area contributed by atoms with Gasteiger partial charge in [0.25, 0.3) is 0 Å². The zero-order valence-corrected chi connectivity index (χ0v) is 11.6. The number of benzene rings is 1. The molecule has 0 saturated carbocycles. The summed E-state index contributed by atoms with van der Waals surface area (Å²) in [6.45, 7) is 2.44. The van der Waals surface area contributed by atoms with Crippen LogP contribution in [0.25, 0.3) is 0 Å². The van der Waals surface area contributed by atoms with Gasteiger partial charge in [0.2, 0.25) is 0 Å². The van der Waals surface area contributed by atoms with Gasteiger partial charge in [0.1, 0.15) is 11.6 Å². The van der Waals surface area contributed by atoms with Gasteiger partial charge < -0.3 is 10.5 Å². The molecule has 4 heteroatoms. The molecule has 1 aromatic carbocycles. The van der Waals surface area contributed by atoms with E-state index in [1.807, 2.05) is 19.1 Å². The highest BCUT2D eigenvalue weighted by Crippen LogP contribution is 2.21. The first-order valence-corrected chi connectivity index (χ1v) is 6.71. The van der Waals surface area contributed by atoms with Gasteiger partial charge in [0.05, 0.1) is 6.61 Å². The van der Waals surface area contributed by atoms with Crippen LogP contribution in [0.4, 0.5) is 4.39 Å². The fourth-order valence-electron chi connectivity index (χ4n) is 2.02. The van der Waals surface area contributed by atoms with E-state index in [9.17, 15) is 4.39 Å². The van der Waals surface area contributed by atoms with Crippen molar-refractivity contribution in [3.63, 3.8) is 0 Å². The van der Waals surface area contributed by atoms with E-state index in [4.69, 9.17) is 10.5 Å². The predicted molar refractivity (Wildman–Crippen MR) is 77.2 cm³/mol. The number of ether oxygens (including phenoxy) is 1. The molecule has 1 aromatic heterocycles. The molecule has 106 valence electrons. The molecule has 2 aromatic rings. The third kappa shape index (κ3) is 4.31. The quantitative estimate of drug-likeness (QED) is 0.881. The highest BCUT2D eigenvalue weighted by Gasteiger charge is 2.08. The van der Waals surface area contributed by atoms with Crippen LogP contribution in [-0.2, 0) is 12.8 Å². The maximum absolute atomic E-state index is 13.3. The van der Waals surface area contributed by atoms with Crippen LogP contribution in [0.2, 0.25) is 0 Å². The summed E-state index contributed by atoms with van der Waals surface area (Å²) in [4.78, 5) is 3.97. The average molecular weight is 274 g/mol. The summed E-state index contributed by atoms with van der Waals surface area (Å²) in [5.74, 6) is 0.444. The predicted octanol–water partition coefficient (Wildman–Crippen LogP) is 2.73. The Labute approximate surface area is 118 Å². The SMILES string of the molecule is CC(N)Cc1cc(F)ccc1OCCc1ccncc1. The first-order valence-electron chi connectivity index (χ1n) is 6.71. The van der Waals surface area contributed by atoms with E-state index >= 15 is 0 Å². The monoisotopic (exact) mass is 274 g/mol. The lowest BCUT2D eigenvalue weighted by Crippen LogP contribution is -2.18. The highest BCUT2D eigenvalue weighted by molar-refractivity contribution is 5.34. The molecule has 1 atom stereocenters. The Morgan fingerprint density at radius 3 is 2.70 bits per heavy atom. The second kappa shape index (κ2) is 7.01. The van der Waals surface area contributed by atoms with E-state index < -0.39 is 0 Å². The minimum Gasteiger partial charge on any atom is -0.493 e. The van der Waals surface area contributed by atoms with E-state index in [0.29, 0.717) is 18.8 Å². The van der Waals surface area contributed by atoms with Gasteiger partial charge in [-0.25, -0.2) is 4.39 Å². The Morgan fingerprint density at radius 1 is 1.25 bits per heavy atom. The van der Waals surface area contributed by atoms with E-state index in [-0.39, 0.29) is 11.9 Å². The molecule has 0 aliphatic carbocycles. The number of hydrogen-bond donors (Lipinski definition) is 1. The Hall–Kier alpha value is -1.94. The molecular formula is C16H19FN2O. The Kier molecular flexibility index (Phi) is 5.07. The molecular weight excluding hydrogens is 255 g/mol. The minimum absolute atomic E-state index is 0.0284. The molecule has 0 saturated heterocycles. The molecule has 0 amide bonds. The fourth-order valence-corrected chi connectivity index (χ4v) is 2.02. The molecule has 0 radical (unpaired) electrons. The number of rotatable bonds is 6. The molecule has 2 rings (SSSR count). The Morgan fingerprint density at radius 2 is 2.00 bits per heavy atom. The summed E-state index contributed by atoms with van der Waals surface area (Å²) >= 11 is 0. The van der Waals surface area contributed by atoms with Crippen LogP contribution in [0.3, 0.4) is 0 Å². The van der Waals surface area contributed by atoms with Gasteiger partial charge >= 0.3 is 0 Å². The molecule has 1 unspecified atom stereocenters. The third-order valence-corrected chi connectivity index (χ3v) is 2.96. The van der Waals surface area contributed by atoms with Crippen LogP contribution in [0, 0.1) is 5.82 Å². The standard InChI is InChI=1S/C16H19FN2O/c1-12(18)10-14-11-15(17)2-3-16(14)20-9-6-13-4-7-19-8-5-13/h2-5,7-8,11-12H,6,9-10,18H2,1H3. The number of hydrogen-bond acceptors (Lipinski definition) is 3. The van der Waals surface area contributed by atoms with Crippen molar-refractivity contribution in [1.29, 1.82) is 0 Å². The van der Waals surface area contributed by atoms with Crippen LogP contribution in [0.15, 0.2) is 42.7 Å². The van der Waals surface area contributed by atoms with Gasteiger partial charge in [0.15, 0.2) is 0 Å². The largest absolute Gasteiger partial charge is 0.493 e. The summed E-state index contributed by atoms with van der Waals surface area (Å²) in [6, 6.07) is 8.45. The zero-order chi connectivity index (χ0) is 14.4. The topological polar surface area (TPSA) is 48.1 Å². The van der Waals surface area contributed by atoms with Crippen molar-refractivity contribution in [2.45, 2.75) is 25.8 Å². The van der Waals surface area contributed by atoms with Crippen molar-refractivity contribution in [2.75, 3.05) is 6.61 Å². The van der Waals surface area contributed by atoms with Gasteiger partial charge in [-0.2, -0.15) is 0 Å². The maximum Gasteiger partial charge on any atom is 0.123 e. The van der Waals surface area contributed by atoms with Crippen LogP contribution >= 0.6 is 0 Å². The second-order valence-corrected chi connectivity index (χ2v) is 4.89. The molecule has 0 fully saturated rings. The van der Waals surface area contributed by atoms with Crippen molar-refractivity contribution in [3.05, 3.63) is 59.7 Å². The van der Waals surface area contributed by atoms with Crippen molar-refractivity contribution in [2.24, 2.45) is 5.73 Å². The second-order valence-electron chi connectivity index (χ2n) is 4.89. The maximum atomic E-state index is 13.3. The average Bonchev–Trinajstić information content (AvgIpc) is 2.42. The van der Waals surface area contributed by atoms with Crippen molar-refractivity contribution >= 4 is 0 Å². The van der Waals surface area contributed by atoms with Crippen LogP contribution in [0.1, 0.15) is 18.1 Å². The van der Waals surface area contributed by atoms with E-state index in [1.165, 1.54) is 12.1 Å². The summed E-state index contributed by atoms with van der Waals surface area (Å²) in [6.07, 6.45) is 4.91.